The standard InChI is InChI=1S/C24H36N2S/c1-23(2)18-13-14-19(15-18)24(23,3)26-22(27)16-25-21-12-8-7-11-20(21)17-9-5-4-6-10-17/h7-8,11-12,17-19,25H,4-6,9-10,13-16H2,1-3H3,(H,26,27). The van der Waals surface area contributed by atoms with Crippen molar-refractivity contribution in [2.24, 2.45) is 17.3 Å². The van der Waals surface area contributed by atoms with Gasteiger partial charge in [0.25, 0.3) is 0 Å². The molecule has 2 bridgehead atoms. The minimum atomic E-state index is 0.136. The number of nitrogens with one attached hydrogen (secondary N) is 2. The Hall–Kier alpha value is -1.09. The Morgan fingerprint density at radius 1 is 1.00 bits per heavy atom. The normalized spacial score (nSPS) is 32.4. The Morgan fingerprint density at radius 2 is 1.70 bits per heavy atom. The van der Waals surface area contributed by atoms with Gasteiger partial charge in [0, 0.05) is 11.2 Å². The molecule has 3 fully saturated rings. The number of para-hydroxylation sites is 1. The molecule has 3 saturated carbocycles. The summed E-state index contributed by atoms with van der Waals surface area (Å²) in [6.07, 6.45) is 10.9. The Bertz CT molecular complexity index is 691. The van der Waals surface area contributed by atoms with Gasteiger partial charge in [-0.25, -0.2) is 0 Å². The van der Waals surface area contributed by atoms with Crippen LogP contribution in [0.1, 0.15) is 83.6 Å². The van der Waals surface area contributed by atoms with E-state index in [2.05, 4.69) is 55.7 Å². The zero-order chi connectivity index (χ0) is 19.1. The molecule has 148 valence electrons. The smallest absolute Gasteiger partial charge is 0.0952 e. The SMILES string of the molecule is CC1(C)C2CCC(C2)C1(C)NC(=S)CNc1ccccc1C1CCCCC1. The maximum Gasteiger partial charge on any atom is 0.0952 e. The third-order valence-corrected chi connectivity index (χ3v) is 8.70. The van der Waals surface area contributed by atoms with Crippen molar-refractivity contribution >= 4 is 22.9 Å². The topological polar surface area (TPSA) is 24.1 Å². The molecule has 2 nitrogen and oxygen atoms in total. The monoisotopic (exact) mass is 384 g/mol. The molecule has 0 radical (unpaired) electrons. The van der Waals surface area contributed by atoms with Crippen molar-refractivity contribution in [3.8, 4) is 0 Å². The van der Waals surface area contributed by atoms with Crippen LogP contribution in [0, 0.1) is 17.3 Å². The fourth-order valence-corrected chi connectivity index (χ4v) is 6.60. The molecular weight excluding hydrogens is 348 g/mol. The van der Waals surface area contributed by atoms with Crippen molar-refractivity contribution in [3.05, 3.63) is 29.8 Å². The maximum atomic E-state index is 5.81. The van der Waals surface area contributed by atoms with Crippen molar-refractivity contribution in [2.45, 2.75) is 83.6 Å². The van der Waals surface area contributed by atoms with E-state index in [1.807, 2.05) is 0 Å². The van der Waals surface area contributed by atoms with Gasteiger partial charge in [-0.3, -0.25) is 0 Å². The number of hydrogen-bond donors (Lipinski definition) is 2. The summed E-state index contributed by atoms with van der Waals surface area (Å²) >= 11 is 5.81. The molecule has 0 amide bonds. The third-order valence-electron chi connectivity index (χ3n) is 8.45. The highest BCUT2D eigenvalue weighted by Gasteiger charge is 2.60. The average molecular weight is 385 g/mol. The fourth-order valence-electron chi connectivity index (χ4n) is 6.31. The van der Waals surface area contributed by atoms with E-state index in [1.165, 1.54) is 62.6 Å². The molecule has 3 atom stereocenters. The van der Waals surface area contributed by atoms with Crippen molar-refractivity contribution in [2.75, 3.05) is 11.9 Å². The van der Waals surface area contributed by atoms with Gasteiger partial charge in [0.15, 0.2) is 0 Å². The largest absolute Gasteiger partial charge is 0.378 e. The maximum absolute atomic E-state index is 5.81. The van der Waals surface area contributed by atoms with E-state index in [4.69, 9.17) is 12.2 Å². The van der Waals surface area contributed by atoms with Crippen molar-refractivity contribution in [3.63, 3.8) is 0 Å². The zero-order valence-electron chi connectivity index (χ0n) is 17.3. The molecule has 3 heteroatoms. The number of anilines is 1. The Labute approximate surface area is 170 Å². The lowest BCUT2D eigenvalue weighted by Gasteiger charge is -2.49. The number of rotatable bonds is 5. The molecule has 0 spiro atoms. The summed E-state index contributed by atoms with van der Waals surface area (Å²) in [6, 6.07) is 8.88. The van der Waals surface area contributed by atoms with Crippen LogP contribution in [0.3, 0.4) is 0 Å². The molecule has 0 saturated heterocycles. The Morgan fingerprint density at radius 3 is 2.41 bits per heavy atom. The van der Waals surface area contributed by atoms with E-state index in [0.29, 0.717) is 11.3 Å². The van der Waals surface area contributed by atoms with E-state index in [9.17, 15) is 0 Å². The van der Waals surface area contributed by atoms with Crippen molar-refractivity contribution < 1.29 is 0 Å². The van der Waals surface area contributed by atoms with E-state index in [0.717, 1.165) is 23.4 Å². The van der Waals surface area contributed by atoms with Crippen LogP contribution in [0.2, 0.25) is 0 Å². The molecule has 4 rings (SSSR count). The second-order valence-electron chi connectivity index (χ2n) is 9.95. The van der Waals surface area contributed by atoms with Crippen molar-refractivity contribution in [1.29, 1.82) is 0 Å². The molecule has 0 aromatic heterocycles. The highest BCUT2D eigenvalue weighted by atomic mass is 32.1. The molecule has 3 unspecified atom stereocenters. The lowest BCUT2D eigenvalue weighted by molar-refractivity contribution is 0.0839. The van der Waals surface area contributed by atoms with Crippen LogP contribution in [0.15, 0.2) is 24.3 Å². The van der Waals surface area contributed by atoms with Crippen molar-refractivity contribution in [1.82, 2.24) is 5.32 Å². The van der Waals surface area contributed by atoms with Crippen LogP contribution in [-0.2, 0) is 0 Å². The lowest BCUT2D eigenvalue weighted by Crippen LogP contribution is -2.59. The quantitative estimate of drug-likeness (QED) is 0.584. The van der Waals surface area contributed by atoms with Gasteiger partial charge in [-0.2, -0.15) is 0 Å². The minimum absolute atomic E-state index is 0.136. The molecule has 1 aromatic carbocycles. The van der Waals surface area contributed by atoms with Crippen LogP contribution in [0.25, 0.3) is 0 Å². The summed E-state index contributed by atoms with van der Waals surface area (Å²) in [5, 5.41) is 7.48. The second-order valence-corrected chi connectivity index (χ2v) is 10.4. The predicted octanol–water partition coefficient (Wildman–Crippen LogP) is 6.28. The van der Waals surface area contributed by atoms with Crippen LogP contribution >= 0.6 is 12.2 Å². The lowest BCUT2D eigenvalue weighted by atomic mass is 9.64. The highest BCUT2D eigenvalue weighted by Crippen LogP contribution is 2.61. The van der Waals surface area contributed by atoms with Gasteiger partial charge in [0.1, 0.15) is 0 Å². The minimum Gasteiger partial charge on any atom is -0.378 e. The van der Waals surface area contributed by atoms with Crippen LogP contribution in [-0.4, -0.2) is 17.1 Å². The van der Waals surface area contributed by atoms with Gasteiger partial charge in [0.05, 0.1) is 11.5 Å². The molecule has 3 aliphatic rings. The van der Waals surface area contributed by atoms with Crippen LogP contribution in [0.4, 0.5) is 5.69 Å². The molecule has 0 aliphatic heterocycles. The summed E-state index contributed by atoms with van der Waals surface area (Å²) < 4.78 is 0. The summed E-state index contributed by atoms with van der Waals surface area (Å²) in [7, 11) is 0. The molecular formula is C24H36N2S. The molecule has 2 N–H and O–H groups in total. The first-order chi connectivity index (χ1) is 12.9. The summed E-state index contributed by atoms with van der Waals surface area (Å²) in [5.41, 5.74) is 3.23. The zero-order valence-corrected chi connectivity index (χ0v) is 18.1. The van der Waals surface area contributed by atoms with Gasteiger partial charge in [-0.05, 0) is 73.8 Å². The van der Waals surface area contributed by atoms with Gasteiger partial charge >= 0.3 is 0 Å². The van der Waals surface area contributed by atoms with Gasteiger partial charge < -0.3 is 10.6 Å². The Kier molecular flexibility index (Phi) is 5.26. The van der Waals surface area contributed by atoms with E-state index >= 15 is 0 Å². The summed E-state index contributed by atoms with van der Waals surface area (Å²) in [5.74, 6) is 2.33. The van der Waals surface area contributed by atoms with Gasteiger partial charge in [-0.15, -0.1) is 0 Å². The highest BCUT2D eigenvalue weighted by molar-refractivity contribution is 7.80. The average Bonchev–Trinajstić information content (AvgIpc) is 3.23. The first-order valence-electron chi connectivity index (χ1n) is 11.1. The second kappa shape index (κ2) is 7.39. The number of benzene rings is 1. The van der Waals surface area contributed by atoms with E-state index < -0.39 is 0 Å². The first-order valence-corrected chi connectivity index (χ1v) is 11.5. The van der Waals surface area contributed by atoms with Gasteiger partial charge in [-0.1, -0.05) is 63.5 Å². The summed E-state index contributed by atoms with van der Waals surface area (Å²) in [4.78, 5) is 0.969. The van der Waals surface area contributed by atoms with E-state index in [1.54, 1.807) is 0 Å². The Balaban J connectivity index is 1.40. The molecule has 0 heterocycles. The number of thiocarbonyl (C=S) groups is 1. The summed E-state index contributed by atoms with van der Waals surface area (Å²) in [6.45, 7) is 8.04. The first kappa shape index (κ1) is 19.2. The number of hydrogen-bond acceptors (Lipinski definition) is 2. The van der Waals surface area contributed by atoms with Crippen LogP contribution in [0.5, 0.6) is 0 Å². The third kappa shape index (κ3) is 3.41. The fraction of sp³-hybridized carbons (Fsp3) is 0.708. The number of fused-ring (bicyclic) bond motifs is 2. The van der Waals surface area contributed by atoms with E-state index in [-0.39, 0.29) is 5.54 Å². The molecule has 3 aliphatic carbocycles. The molecule has 27 heavy (non-hydrogen) atoms. The predicted molar refractivity (Wildman–Crippen MR) is 120 cm³/mol. The molecule has 1 aromatic rings. The van der Waals surface area contributed by atoms with Gasteiger partial charge in [0.2, 0.25) is 0 Å². The van der Waals surface area contributed by atoms with Crippen LogP contribution < -0.4 is 10.6 Å².